The van der Waals surface area contributed by atoms with Crippen molar-refractivity contribution in [3.05, 3.63) is 30.1 Å². The van der Waals surface area contributed by atoms with Gasteiger partial charge < -0.3 is 5.32 Å². The number of carbonyl (C=O) groups is 2. The number of aromatic nitrogens is 1. The molecule has 4 heteroatoms. The third kappa shape index (κ3) is 4.34. The summed E-state index contributed by atoms with van der Waals surface area (Å²) in [6, 6.07) is 3.69. The first kappa shape index (κ1) is 13.4. The lowest BCUT2D eigenvalue weighted by atomic mass is 10.2. The quantitative estimate of drug-likeness (QED) is 0.613. The molecule has 0 saturated heterocycles. The highest BCUT2D eigenvalue weighted by Crippen LogP contribution is 1.95. The van der Waals surface area contributed by atoms with Crippen molar-refractivity contribution in [2.24, 2.45) is 0 Å². The van der Waals surface area contributed by atoms with Gasteiger partial charge in [-0.2, -0.15) is 4.57 Å². The first-order valence-electron chi connectivity index (χ1n) is 5.82. The Labute approximate surface area is 102 Å². The Kier molecular flexibility index (Phi) is 4.82. The predicted octanol–water partition coefficient (Wildman–Crippen LogP) is 1.09. The summed E-state index contributed by atoms with van der Waals surface area (Å²) >= 11 is 0. The van der Waals surface area contributed by atoms with Crippen LogP contribution in [0.5, 0.6) is 0 Å². The zero-order valence-electron chi connectivity index (χ0n) is 10.6. The number of carbonyl (C=O) groups excluding carboxylic acids is 2. The molecule has 0 fully saturated rings. The highest BCUT2D eigenvalue weighted by molar-refractivity contribution is 5.93. The van der Waals surface area contributed by atoms with Crippen LogP contribution in [0.25, 0.3) is 0 Å². The third-order valence-corrected chi connectivity index (χ3v) is 2.61. The lowest BCUT2D eigenvalue weighted by molar-refractivity contribution is -0.684. The van der Waals surface area contributed by atoms with Crippen molar-refractivity contribution < 1.29 is 14.2 Å². The van der Waals surface area contributed by atoms with Crippen LogP contribution >= 0.6 is 0 Å². The second-order valence-electron chi connectivity index (χ2n) is 4.20. The summed E-state index contributed by atoms with van der Waals surface area (Å²) in [6.07, 6.45) is 4.38. The Morgan fingerprint density at radius 3 is 2.76 bits per heavy atom. The van der Waals surface area contributed by atoms with Crippen LogP contribution in [0.4, 0.5) is 0 Å². The van der Waals surface area contributed by atoms with Gasteiger partial charge in [-0.3, -0.25) is 9.59 Å². The molecule has 17 heavy (non-hydrogen) atoms. The smallest absolute Gasteiger partial charge is 0.286 e. The molecule has 0 aliphatic rings. The molecule has 0 radical (unpaired) electrons. The fourth-order valence-electron chi connectivity index (χ4n) is 1.42. The number of ketones is 1. The number of pyridine rings is 1. The van der Waals surface area contributed by atoms with E-state index in [-0.39, 0.29) is 24.3 Å². The summed E-state index contributed by atoms with van der Waals surface area (Å²) in [7, 11) is 0. The number of hydrogen-bond acceptors (Lipinski definition) is 2. The van der Waals surface area contributed by atoms with Crippen LogP contribution in [-0.4, -0.2) is 17.7 Å². The minimum absolute atomic E-state index is 0.00156. The van der Waals surface area contributed by atoms with Crippen molar-refractivity contribution in [1.29, 1.82) is 0 Å². The van der Waals surface area contributed by atoms with Crippen molar-refractivity contribution in [3.63, 3.8) is 0 Å². The Morgan fingerprint density at radius 1 is 1.47 bits per heavy atom. The van der Waals surface area contributed by atoms with E-state index in [2.05, 4.69) is 5.32 Å². The van der Waals surface area contributed by atoms with E-state index in [0.29, 0.717) is 5.56 Å². The molecule has 0 saturated carbocycles. The van der Waals surface area contributed by atoms with Crippen molar-refractivity contribution in [3.8, 4) is 0 Å². The maximum Gasteiger partial charge on any atom is 0.286 e. The summed E-state index contributed by atoms with van der Waals surface area (Å²) in [5.41, 5.74) is 0.615. The van der Waals surface area contributed by atoms with Gasteiger partial charge in [0.05, 0.1) is 5.56 Å². The summed E-state index contributed by atoms with van der Waals surface area (Å²) in [4.78, 5) is 22.8. The van der Waals surface area contributed by atoms with E-state index in [1.54, 1.807) is 29.1 Å². The molecule has 0 unspecified atom stereocenters. The molecular weight excluding hydrogens is 216 g/mol. The van der Waals surface area contributed by atoms with E-state index >= 15 is 0 Å². The summed E-state index contributed by atoms with van der Waals surface area (Å²) in [5.74, 6) is -0.0354. The largest absolute Gasteiger partial charge is 0.348 e. The van der Waals surface area contributed by atoms with Crippen molar-refractivity contribution >= 4 is 11.7 Å². The van der Waals surface area contributed by atoms with Gasteiger partial charge in [0.25, 0.3) is 5.91 Å². The van der Waals surface area contributed by atoms with Crippen LogP contribution in [0.2, 0.25) is 0 Å². The fourth-order valence-corrected chi connectivity index (χ4v) is 1.42. The van der Waals surface area contributed by atoms with Crippen LogP contribution in [0.1, 0.15) is 37.6 Å². The van der Waals surface area contributed by atoms with Crippen LogP contribution in [0.15, 0.2) is 24.5 Å². The van der Waals surface area contributed by atoms with Gasteiger partial charge >= 0.3 is 0 Å². The van der Waals surface area contributed by atoms with Gasteiger partial charge in [0.1, 0.15) is 0 Å². The molecule has 1 heterocycles. The van der Waals surface area contributed by atoms with E-state index in [1.807, 2.05) is 13.8 Å². The van der Waals surface area contributed by atoms with Crippen molar-refractivity contribution in [1.82, 2.24) is 5.32 Å². The minimum atomic E-state index is -0.0370. The zero-order chi connectivity index (χ0) is 12.8. The van der Waals surface area contributed by atoms with Gasteiger partial charge in [-0.15, -0.1) is 0 Å². The molecule has 0 aliphatic carbocycles. The highest BCUT2D eigenvalue weighted by atomic mass is 16.2. The molecule has 4 nitrogen and oxygen atoms in total. The van der Waals surface area contributed by atoms with E-state index in [4.69, 9.17) is 0 Å². The van der Waals surface area contributed by atoms with Crippen molar-refractivity contribution in [2.45, 2.75) is 39.8 Å². The van der Waals surface area contributed by atoms with Gasteiger partial charge in [-0.25, -0.2) is 0 Å². The zero-order valence-corrected chi connectivity index (χ0v) is 10.6. The lowest BCUT2D eigenvalue weighted by Crippen LogP contribution is -2.45. The van der Waals surface area contributed by atoms with Gasteiger partial charge in [0.2, 0.25) is 6.54 Å². The number of nitrogens with one attached hydrogen (secondary N) is 1. The minimum Gasteiger partial charge on any atom is -0.348 e. The van der Waals surface area contributed by atoms with E-state index < -0.39 is 0 Å². The van der Waals surface area contributed by atoms with E-state index in [1.165, 1.54) is 6.92 Å². The Balaban J connectivity index is 2.65. The van der Waals surface area contributed by atoms with Crippen LogP contribution in [0.3, 0.4) is 0 Å². The molecule has 92 valence electrons. The van der Waals surface area contributed by atoms with Gasteiger partial charge in [-0.1, -0.05) is 6.92 Å². The topological polar surface area (TPSA) is 50.1 Å². The second-order valence-corrected chi connectivity index (χ2v) is 4.20. The number of hydrogen-bond donors (Lipinski definition) is 1. The van der Waals surface area contributed by atoms with Crippen LogP contribution in [0, 0.1) is 0 Å². The van der Waals surface area contributed by atoms with Gasteiger partial charge in [0.15, 0.2) is 18.2 Å². The lowest BCUT2D eigenvalue weighted by Gasteiger charge is -2.09. The van der Waals surface area contributed by atoms with E-state index in [0.717, 1.165) is 6.42 Å². The molecule has 1 rings (SSSR count). The van der Waals surface area contributed by atoms with Crippen LogP contribution < -0.4 is 9.88 Å². The highest BCUT2D eigenvalue weighted by Gasteiger charge is 2.12. The average molecular weight is 235 g/mol. The monoisotopic (exact) mass is 235 g/mol. The summed E-state index contributed by atoms with van der Waals surface area (Å²) < 4.78 is 1.72. The van der Waals surface area contributed by atoms with E-state index in [9.17, 15) is 9.59 Å². The molecule has 1 amide bonds. The van der Waals surface area contributed by atoms with Gasteiger partial charge in [-0.05, 0) is 26.3 Å². The molecule has 0 aliphatic heterocycles. The molecule has 1 aromatic rings. The summed E-state index contributed by atoms with van der Waals surface area (Å²) in [6.45, 7) is 5.74. The first-order chi connectivity index (χ1) is 8.02. The Bertz CT molecular complexity index is 416. The fraction of sp³-hybridized carbons (Fsp3) is 0.462. The molecule has 1 aromatic heterocycles. The maximum absolute atomic E-state index is 11.6. The number of rotatable bonds is 5. The Morgan fingerprint density at radius 2 is 2.18 bits per heavy atom. The molecule has 0 bridgehead atoms. The normalized spacial score (nSPS) is 11.9. The SMILES string of the molecule is CC[C@@H](C)NC(=O)C[n+]1cccc(C(C)=O)c1. The molecule has 0 aromatic carbocycles. The van der Waals surface area contributed by atoms with Gasteiger partial charge in [0, 0.05) is 12.1 Å². The molecule has 1 N–H and O–H groups in total. The maximum atomic E-state index is 11.6. The number of amides is 1. The van der Waals surface area contributed by atoms with Crippen molar-refractivity contribution in [2.75, 3.05) is 0 Å². The molecule has 1 atom stereocenters. The molecule has 0 spiro atoms. The molecular formula is C13H19N2O2+. The number of nitrogens with zero attached hydrogens (tertiary/aromatic N) is 1. The predicted molar refractivity (Wildman–Crippen MR) is 64.5 cm³/mol. The summed E-state index contributed by atoms with van der Waals surface area (Å²) in [5, 5.41) is 2.88. The first-order valence-corrected chi connectivity index (χ1v) is 5.82. The Hall–Kier alpha value is -1.71. The second kappa shape index (κ2) is 6.13. The third-order valence-electron chi connectivity index (χ3n) is 2.61. The number of Topliss-reactive ketones (excluding diaryl/α,β-unsaturated/α-hetero) is 1. The standard InChI is InChI=1S/C13H18N2O2/c1-4-10(2)14-13(17)9-15-7-5-6-12(8-15)11(3)16/h5-8,10H,4,9H2,1-3H3/p+1/t10-/m1/s1. The van der Waals surface area contributed by atoms with Crippen LogP contribution in [-0.2, 0) is 11.3 Å². The average Bonchev–Trinajstić information content (AvgIpc) is 2.28.